The van der Waals surface area contributed by atoms with Gasteiger partial charge in [-0.1, -0.05) is 38.1 Å². The highest BCUT2D eigenvalue weighted by molar-refractivity contribution is 7.89. The molecule has 0 unspecified atom stereocenters. The smallest absolute Gasteiger partial charge is 0.244 e. The number of rotatable bonds is 7. The van der Waals surface area contributed by atoms with Crippen LogP contribution in [0.15, 0.2) is 47.4 Å². The van der Waals surface area contributed by atoms with Crippen molar-refractivity contribution in [3.63, 3.8) is 0 Å². The topological polar surface area (TPSA) is 64.6 Å². The van der Waals surface area contributed by atoms with Gasteiger partial charge in [-0.05, 0) is 29.2 Å². The molecule has 0 spiro atoms. The fraction of sp³-hybridized carbons (Fsp3) is 0.333. The number of hydrogen-bond acceptors (Lipinski definition) is 4. The lowest BCUT2D eigenvalue weighted by molar-refractivity contribution is 0.392. The first-order valence-corrected chi connectivity index (χ1v) is 9.17. The van der Waals surface area contributed by atoms with E-state index in [0.29, 0.717) is 11.7 Å². The molecular formula is C18H23NO4S. The third-order valence-electron chi connectivity index (χ3n) is 3.79. The molecule has 0 bridgehead atoms. The molecule has 0 radical (unpaired) electrons. The number of ether oxygens (including phenoxy) is 2. The second-order valence-electron chi connectivity index (χ2n) is 5.69. The Morgan fingerprint density at radius 3 is 2.38 bits per heavy atom. The minimum Gasteiger partial charge on any atom is -0.497 e. The summed E-state index contributed by atoms with van der Waals surface area (Å²) in [6, 6.07) is 12.5. The van der Waals surface area contributed by atoms with Crippen LogP contribution in [0.5, 0.6) is 11.5 Å². The second kappa shape index (κ2) is 7.68. The standard InChI is InChI=1S/C18H23NO4S/c1-13(2)16-8-6-5-7-14(16)12-19-24(20,21)18-11-15(22-3)9-10-17(18)23-4/h5-11,13,19H,12H2,1-4H3. The average Bonchev–Trinajstić information content (AvgIpc) is 2.59. The van der Waals surface area contributed by atoms with E-state index >= 15 is 0 Å². The van der Waals surface area contributed by atoms with Gasteiger partial charge in [-0.25, -0.2) is 13.1 Å². The van der Waals surface area contributed by atoms with E-state index in [4.69, 9.17) is 9.47 Å². The maximum atomic E-state index is 12.7. The zero-order chi connectivity index (χ0) is 17.7. The zero-order valence-electron chi connectivity index (χ0n) is 14.4. The molecule has 2 rings (SSSR count). The van der Waals surface area contributed by atoms with Gasteiger partial charge in [0.15, 0.2) is 0 Å². The van der Waals surface area contributed by atoms with Gasteiger partial charge in [0.25, 0.3) is 0 Å². The molecule has 0 heterocycles. The van der Waals surface area contributed by atoms with Crippen molar-refractivity contribution in [2.75, 3.05) is 14.2 Å². The average molecular weight is 349 g/mol. The molecule has 0 aliphatic heterocycles. The summed E-state index contributed by atoms with van der Waals surface area (Å²) in [5.74, 6) is 1.05. The maximum Gasteiger partial charge on any atom is 0.244 e. The summed E-state index contributed by atoms with van der Waals surface area (Å²) in [4.78, 5) is 0.0615. The summed E-state index contributed by atoms with van der Waals surface area (Å²) in [7, 11) is -0.801. The molecule has 0 saturated carbocycles. The van der Waals surface area contributed by atoms with E-state index in [1.165, 1.54) is 20.3 Å². The minimum absolute atomic E-state index is 0.0615. The summed E-state index contributed by atoms with van der Waals surface area (Å²) in [5, 5.41) is 0. The molecule has 0 saturated heterocycles. The van der Waals surface area contributed by atoms with Gasteiger partial charge in [-0.2, -0.15) is 0 Å². The lowest BCUT2D eigenvalue weighted by atomic mass is 9.97. The number of sulfonamides is 1. The van der Waals surface area contributed by atoms with Crippen molar-refractivity contribution >= 4 is 10.0 Å². The molecule has 0 fully saturated rings. The molecule has 24 heavy (non-hydrogen) atoms. The fourth-order valence-corrected chi connectivity index (χ4v) is 3.69. The van der Waals surface area contributed by atoms with Crippen molar-refractivity contribution in [2.24, 2.45) is 0 Å². The molecule has 130 valence electrons. The van der Waals surface area contributed by atoms with Crippen molar-refractivity contribution < 1.29 is 17.9 Å². The number of nitrogens with one attached hydrogen (secondary N) is 1. The Balaban J connectivity index is 2.30. The predicted molar refractivity (Wildman–Crippen MR) is 94.1 cm³/mol. The summed E-state index contributed by atoms with van der Waals surface area (Å²) >= 11 is 0. The molecule has 6 heteroatoms. The Morgan fingerprint density at radius 1 is 1.04 bits per heavy atom. The predicted octanol–water partition coefficient (Wildman–Crippen LogP) is 3.31. The Morgan fingerprint density at radius 2 is 1.75 bits per heavy atom. The number of hydrogen-bond donors (Lipinski definition) is 1. The summed E-state index contributed by atoms with van der Waals surface area (Å²) in [6.07, 6.45) is 0. The molecule has 0 aromatic heterocycles. The molecule has 2 aromatic rings. The molecule has 0 amide bonds. The van der Waals surface area contributed by atoms with Crippen LogP contribution in [0.3, 0.4) is 0 Å². The van der Waals surface area contributed by atoms with Crippen LogP contribution in [0.2, 0.25) is 0 Å². The fourth-order valence-electron chi connectivity index (χ4n) is 2.50. The number of benzene rings is 2. The van der Waals surface area contributed by atoms with Gasteiger partial charge in [-0.15, -0.1) is 0 Å². The number of methoxy groups -OCH3 is 2. The maximum absolute atomic E-state index is 12.7. The lowest BCUT2D eigenvalue weighted by Crippen LogP contribution is -2.24. The van der Waals surface area contributed by atoms with E-state index in [1.807, 2.05) is 24.3 Å². The van der Waals surface area contributed by atoms with Crippen molar-refractivity contribution in [2.45, 2.75) is 31.2 Å². The molecule has 2 aromatic carbocycles. The Labute approximate surface area is 143 Å². The van der Waals surface area contributed by atoms with Gasteiger partial charge < -0.3 is 9.47 Å². The van der Waals surface area contributed by atoms with E-state index < -0.39 is 10.0 Å². The third kappa shape index (κ3) is 4.07. The second-order valence-corrected chi connectivity index (χ2v) is 7.43. The van der Waals surface area contributed by atoms with Crippen LogP contribution in [0, 0.1) is 0 Å². The molecule has 1 N–H and O–H groups in total. The van der Waals surface area contributed by atoms with Crippen molar-refractivity contribution in [1.29, 1.82) is 0 Å². The normalized spacial score (nSPS) is 11.5. The molecule has 5 nitrogen and oxygen atoms in total. The Bertz CT molecular complexity index is 800. The first-order valence-electron chi connectivity index (χ1n) is 7.68. The monoisotopic (exact) mass is 349 g/mol. The van der Waals surface area contributed by atoms with E-state index in [2.05, 4.69) is 18.6 Å². The van der Waals surface area contributed by atoms with Gasteiger partial charge in [-0.3, -0.25) is 0 Å². The molecule has 0 aliphatic carbocycles. The van der Waals surface area contributed by atoms with Gasteiger partial charge in [0.1, 0.15) is 16.4 Å². The lowest BCUT2D eigenvalue weighted by Gasteiger charge is -2.15. The quantitative estimate of drug-likeness (QED) is 0.833. The van der Waals surface area contributed by atoms with E-state index in [9.17, 15) is 8.42 Å². The highest BCUT2D eigenvalue weighted by Crippen LogP contribution is 2.28. The van der Waals surface area contributed by atoms with Crippen LogP contribution < -0.4 is 14.2 Å². The van der Waals surface area contributed by atoms with Crippen LogP contribution in [0.1, 0.15) is 30.9 Å². The minimum atomic E-state index is -3.73. The highest BCUT2D eigenvalue weighted by atomic mass is 32.2. The first-order chi connectivity index (χ1) is 11.4. The molecule has 0 atom stereocenters. The van der Waals surface area contributed by atoms with Gasteiger partial charge >= 0.3 is 0 Å². The Hall–Kier alpha value is -2.05. The van der Waals surface area contributed by atoms with Crippen LogP contribution >= 0.6 is 0 Å². The van der Waals surface area contributed by atoms with E-state index in [0.717, 1.165) is 11.1 Å². The van der Waals surface area contributed by atoms with Crippen molar-refractivity contribution in [1.82, 2.24) is 4.72 Å². The summed E-state index contributed by atoms with van der Waals surface area (Å²) in [5.41, 5.74) is 2.08. The van der Waals surface area contributed by atoms with E-state index in [-0.39, 0.29) is 17.2 Å². The summed E-state index contributed by atoms with van der Waals surface area (Å²) in [6.45, 7) is 4.38. The molecular weight excluding hydrogens is 326 g/mol. The van der Waals surface area contributed by atoms with Gasteiger partial charge in [0.05, 0.1) is 14.2 Å². The van der Waals surface area contributed by atoms with Crippen molar-refractivity contribution in [3.05, 3.63) is 53.6 Å². The molecule has 0 aliphatic rings. The van der Waals surface area contributed by atoms with Gasteiger partial charge in [0, 0.05) is 12.6 Å². The summed E-state index contributed by atoms with van der Waals surface area (Å²) < 4.78 is 38.3. The SMILES string of the molecule is COc1ccc(OC)c(S(=O)(=O)NCc2ccccc2C(C)C)c1. The first kappa shape index (κ1) is 18.3. The van der Waals surface area contributed by atoms with Crippen LogP contribution in [-0.2, 0) is 16.6 Å². The largest absolute Gasteiger partial charge is 0.497 e. The van der Waals surface area contributed by atoms with Crippen LogP contribution in [0.25, 0.3) is 0 Å². The van der Waals surface area contributed by atoms with Gasteiger partial charge in [0.2, 0.25) is 10.0 Å². The highest BCUT2D eigenvalue weighted by Gasteiger charge is 2.21. The third-order valence-corrected chi connectivity index (χ3v) is 5.21. The van der Waals surface area contributed by atoms with Crippen LogP contribution in [0.4, 0.5) is 0 Å². The van der Waals surface area contributed by atoms with E-state index in [1.54, 1.807) is 12.1 Å². The van der Waals surface area contributed by atoms with Crippen molar-refractivity contribution in [3.8, 4) is 11.5 Å². The Kier molecular flexibility index (Phi) is 5.85. The zero-order valence-corrected chi connectivity index (χ0v) is 15.2. The van der Waals surface area contributed by atoms with Crippen LogP contribution in [-0.4, -0.2) is 22.6 Å².